The standard InChI is InChI=1S/C16H18F2N4O2.ClH/c1-24-15-12(17)7-10(8-13(15)18)20-16(23)14-4-6-22(21-14)11-3-2-5-19-9-11;/h4,6-8,11,19H,2-3,5,9H2,1H3,(H,20,23);1H. The van der Waals surface area contributed by atoms with E-state index in [0.29, 0.717) is 0 Å². The van der Waals surface area contributed by atoms with Crippen LogP contribution in [0.3, 0.4) is 0 Å². The van der Waals surface area contributed by atoms with Crippen molar-refractivity contribution in [2.75, 3.05) is 25.5 Å². The molecular weight excluding hydrogens is 354 g/mol. The minimum atomic E-state index is -0.883. The third-order valence-electron chi connectivity index (χ3n) is 3.95. The molecule has 1 aromatic carbocycles. The second kappa shape index (κ2) is 8.26. The molecule has 0 spiro atoms. The number of nitrogens with one attached hydrogen (secondary N) is 2. The minimum absolute atomic E-state index is 0. The number of carbonyl (C=O) groups excluding carboxylic acids is 1. The van der Waals surface area contributed by atoms with Gasteiger partial charge in [0, 0.05) is 30.6 Å². The van der Waals surface area contributed by atoms with Crippen molar-refractivity contribution in [3.63, 3.8) is 0 Å². The van der Waals surface area contributed by atoms with Crippen molar-refractivity contribution in [3.8, 4) is 5.75 Å². The number of rotatable bonds is 4. The van der Waals surface area contributed by atoms with Gasteiger partial charge in [-0.1, -0.05) is 0 Å². The van der Waals surface area contributed by atoms with Crippen molar-refractivity contribution < 1.29 is 18.3 Å². The van der Waals surface area contributed by atoms with Crippen LogP contribution in [0.5, 0.6) is 5.75 Å². The Labute approximate surface area is 150 Å². The number of carbonyl (C=O) groups is 1. The van der Waals surface area contributed by atoms with E-state index < -0.39 is 23.3 Å². The molecule has 1 aromatic heterocycles. The lowest BCUT2D eigenvalue weighted by molar-refractivity contribution is 0.102. The Balaban J connectivity index is 0.00000225. The summed E-state index contributed by atoms with van der Waals surface area (Å²) in [7, 11) is 1.17. The number of aromatic nitrogens is 2. The van der Waals surface area contributed by atoms with Gasteiger partial charge in [0.05, 0.1) is 13.2 Å². The first kappa shape index (κ1) is 19.1. The molecule has 1 aliphatic heterocycles. The predicted octanol–water partition coefficient (Wildman–Crippen LogP) is 2.77. The molecule has 2 heterocycles. The molecule has 1 fully saturated rings. The Hall–Kier alpha value is -2.19. The minimum Gasteiger partial charge on any atom is -0.491 e. The Morgan fingerprint density at radius 1 is 1.40 bits per heavy atom. The molecule has 1 amide bonds. The van der Waals surface area contributed by atoms with Crippen molar-refractivity contribution in [2.45, 2.75) is 18.9 Å². The van der Waals surface area contributed by atoms with Crippen LogP contribution in [-0.4, -0.2) is 35.9 Å². The zero-order valence-corrected chi connectivity index (χ0v) is 14.4. The molecule has 2 N–H and O–H groups in total. The smallest absolute Gasteiger partial charge is 0.276 e. The number of hydrogen-bond acceptors (Lipinski definition) is 4. The number of methoxy groups -OCH3 is 1. The fraction of sp³-hybridized carbons (Fsp3) is 0.375. The van der Waals surface area contributed by atoms with E-state index in [1.54, 1.807) is 16.9 Å². The lowest BCUT2D eigenvalue weighted by Gasteiger charge is -2.22. The molecule has 3 rings (SSSR count). The fourth-order valence-electron chi connectivity index (χ4n) is 2.74. The van der Waals surface area contributed by atoms with E-state index >= 15 is 0 Å². The molecular formula is C16H19ClF2N4O2. The quantitative estimate of drug-likeness (QED) is 0.866. The summed E-state index contributed by atoms with van der Waals surface area (Å²) >= 11 is 0. The fourth-order valence-corrected chi connectivity index (χ4v) is 2.74. The van der Waals surface area contributed by atoms with Crippen LogP contribution in [0, 0.1) is 11.6 Å². The van der Waals surface area contributed by atoms with Crippen LogP contribution in [0.25, 0.3) is 0 Å². The molecule has 1 saturated heterocycles. The number of anilines is 1. The molecule has 0 saturated carbocycles. The van der Waals surface area contributed by atoms with Crippen molar-refractivity contribution >= 4 is 24.0 Å². The maximum absolute atomic E-state index is 13.7. The molecule has 25 heavy (non-hydrogen) atoms. The number of piperidine rings is 1. The zero-order chi connectivity index (χ0) is 17.1. The van der Waals surface area contributed by atoms with E-state index in [1.165, 1.54) is 7.11 Å². The highest BCUT2D eigenvalue weighted by molar-refractivity contribution is 6.02. The zero-order valence-electron chi connectivity index (χ0n) is 13.6. The van der Waals surface area contributed by atoms with E-state index in [0.717, 1.165) is 38.1 Å². The number of ether oxygens (including phenoxy) is 1. The lowest BCUT2D eigenvalue weighted by Crippen LogP contribution is -2.32. The first-order valence-corrected chi connectivity index (χ1v) is 7.68. The average Bonchev–Trinajstić information content (AvgIpc) is 3.05. The van der Waals surface area contributed by atoms with Crippen molar-refractivity contribution in [1.82, 2.24) is 15.1 Å². The topological polar surface area (TPSA) is 68.2 Å². The van der Waals surface area contributed by atoms with Crippen LogP contribution in [0.1, 0.15) is 29.4 Å². The van der Waals surface area contributed by atoms with Crippen molar-refractivity contribution in [2.24, 2.45) is 0 Å². The highest BCUT2D eigenvalue weighted by Crippen LogP contribution is 2.25. The summed E-state index contributed by atoms with van der Waals surface area (Å²) in [6.45, 7) is 1.79. The summed E-state index contributed by atoms with van der Waals surface area (Å²) in [5.41, 5.74) is 0.196. The van der Waals surface area contributed by atoms with Crippen LogP contribution in [-0.2, 0) is 0 Å². The molecule has 0 radical (unpaired) electrons. The van der Waals surface area contributed by atoms with Crippen LogP contribution in [0.2, 0.25) is 0 Å². The van der Waals surface area contributed by atoms with Gasteiger partial charge in [-0.2, -0.15) is 5.10 Å². The molecule has 0 bridgehead atoms. The second-order valence-electron chi connectivity index (χ2n) is 5.61. The second-order valence-corrected chi connectivity index (χ2v) is 5.61. The van der Waals surface area contributed by atoms with E-state index in [4.69, 9.17) is 0 Å². The van der Waals surface area contributed by atoms with Crippen molar-refractivity contribution in [3.05, 3.63) is 41.7 Å². The van der Waals surface area contributed by atoms with Crippen LogP contribution >= 0.6 is 12.4 Å². The van der Waals surface area contributed by atoms with Crippen LogP contribution in [0.15, 0.2) is 24.4 Å². The van der Waals surface area contributed by atoms with Gasteiger partial charge in [-0.25, -0.2) is 8.78 Å². The van der Waals surface area contributed by atoms with Gasteiger partial charge in [0.2, 0.25) is 0 Å². The molecule has 1 atom stereocenters. The van der Waals surface area contributed by atoms with Crippen molar-refractivity contribution in [1.29, 1.82) is 0 Å². The Bertz CT molecular complexity index is 724. The molecule has 6 nitrogen and oxygen atoms in total. The summed E-state index contributed by atoms with van der Waals surface area (Å²) in [4.78, 5) is 12.2. The third-order valence-corrected chi connectivity index (χ3v) is 3.95. The van der Waals surface area contributed by atoms with Crippen LogP contribution < -0.4 is 15.4 Å². The molecule has 2 aromatic rings. The van der Waals surface area contributed by atoms with Gasteiger partial charge in [-0.15, -0.1) is 12.4 Å². The highest BCUT2D eigenvalue weighted by Gasteiger charge is 2.19. The van der Waals surface area contributed by atoms with E-state index in [1.807, 2.05) is 0 Å². The average molecular weight is 373 g/mol. The van der Waals surface area contributed by atoms with Gasteiger partial charge >= 0.3 is 0 Å². The van der Waals surface area contributed by atoms with E-state index in [2.05, 4.69) is 20.5 Å². The van der Waals surface area contributed by atoms with Crippen LogP contribution in [0.4, 0.5) is 14.5 Å². The predicted molar refractivity (Wildman–Crippen MR) is 91.5 cm³/mol. The SMILES string of the molecule is COc1c(F)cc(NC(=O)c2ccn(C3CCCNC3)n2)cc1F.Cl. The Kier molecular flexibility index (Phi) is 6.33. The van der Waals surface area contributed by atoms with Gasteiger partial charge in [0.15, 0.2) is 23.1 Å². The van der Waals surface area contributed by atoms with Gasteiger partial charge in [0.1, 0.15) is 0 Å². The highest BCUT2D eigenvalue weighted by atomic mass is 35.5. The molecule has 136 valence electrons. The number of nitrogens with zero attached hydrogens (tertiary/aromatic N) is 2. The van der Waals surface area contributed by atoms with E-state index in [9.17, 15) is 13.6 Å². The summed E-state index contributed by atoms with van der Waals surface area (Å²) in [6.07, 6.45) is 3.78. The normalized spacial score (nSPS) is 16.8. The molecule has 1 unspecified atom stereocenters. The maximum atomic E-state index is 13.7. The summed E-state index contributed by atoms with van der Waals surface area (Å²) in [5, 5.41) is 9.98. The Morgan fingerprint density at radius 3 is 2.72 bits per heavy atom. The summed E-state index contributed by atoms with van der Waals surface area (Å²) < 4.78 is 33.7. The van der Waals surface area contributed by atoms with Gasteiger partial charge in [0.25, 0.3) is 5.91 Å². The van der Waals surface area contributed by atoms with Gasteiger partial charge in [-0.3, -0.25) is 9.48 Å². The third kappa shape index (κ3) is 4.26. The molecule has 0 aliphatic carbocycles. The monoisotopic (exact) mass is 372 g/mol. The Morgan fingerprint density at radius 2 is 2.12 bits per heavy atom. The number of halogens is 3. The number of amides is 1. The summed E-state index contributed by atoms with van der Waals surface area (Å²) in [6, 6.07) is 3.79. The lowest BCUT2D eigenvalue weighted by atomic mass is 10.1. The summed E-state index contributed by atoms with van der Waals surface area (Å²) in [5.74, 6) is -2.78. The largest absolute Gasteiger partial charge is 0.491 e. The first-order valence-electron chi connectivity index (χ1n) is 7.68. The van der Waals surface area contributed by atoms with Gasteiger partial charge < -0.3 is 15.4 Å². The number of hydrogen-bond donors (Lipinski definition) is 2. The number of benzene rings is 1. The van der Waals surface area contributed by atoms with E-state index in [-0.39, 0.29) is 29.8 Å². The van der Waals surface area contributed by atoms with Gasteiger partial charge in [-0.05, 0) is 25.5 Å². The molecule has 9 heteroatoms. The maximum Gasteiger partial charge on any atom is 0.276 e. The first-order chi connectivity index (χ1) is 11.6. The molecule has 1 aliphatic rings.